The molecule has 1 amide bonds. The van der Waals surface area contributed by atoms with E-state index in [1.807, 2.05) is 75.4 Å². The van der Waals surface area contributed by atoms with Crippen LogP contribution in [0.3, 0.4) is 0 Å². The lowest BCUT2D eigenvalue weighted by molar-refractivity contribution is -0.647. The number of imidazole rings is 1. The summed E-state index contributed by atoms with van der Waals surface area (Å²) in [4.78, 5) is 20.2. The molecule has 1 aliphatic rings. The van der Waals surface area contributed by atoms with E-state index in [0.29, 0.717) is 28.4 Å². The second kappa shape index (κ2) is 15.8. The van der Waals surface area contributed by atoms with Crippen molar-refractivity contribution in [2.45, 2.75) is 26.3 Å². The monoisotopic (exact) mass is 743 g/mol. The third-order valence-corrected chi connectivity index (χ3v) is 10.1. The molecule has 1 aliphatic heterocycles. The number of allylic oxidation sites excluding steroid dienone is 4. The molecule has 0 radical (unpaired) electrons. The second-order valence-electron chi connectivity index (χ2n) is 12.1. The van der Waals surface area contributed by atoms with Gasteiger partial charge in [0.2, 0.25) is 0 Å². The third-order valence-electron chi connectivity index (χ3n) is 8.44. The summed E-state index contributed by atoms with van der Waals surface area (Å²) in [6, 6.07) is 19.5. The van der Waals surface area contributed by atoms with Crippen LogP contribution in [0, 0.1) is 6.57 Å². The molecule has 4 aromatic rings. The zero-order chi connectivity index (χ0) is 37.6. The van der Waals surface area contributed by atoms with Crippen LogP contribution in [0.1, 0.15) is 35.9 Å². The average Bonchev–Trinajstić information content (AvgIpc) is 3.54. The number of carbonyl (C=O) groups excluding carboxylic acids is 1. The molecule has 0 spiro atoms. The number of benzene rings is 3. The number of carbonyl (C=O) groups is 1. The van der Waals surface area contributed by atoms with Gasteiger partial charge in [-0.1, -0.05) is 48.6 Å². The highest BCUT2D eigenvalue weighted by Crippen LogP contribution is 2.43. The van der Waals surface area contributed by atoms with Crippen LogP contribution in [0.5, 0.6) is 0 Å². The lowest BCUT2D eigenvalue weighted by Gasteiger charge is -2.23. The molecule has 0 aliphatic carbocycles. The van der Waals surface area contributed by atoms with Gasteiger partial charge < -0.3 is 15.1 Å². The number of aryl methyl sites for hydroxylation is 2. The molecule has 0 saturated carbocycles. The van der Waals surface area contributed by atoms with Gasteiger partial charge in [-0.15, -0.1) is 0 Å². The Morgan fingerprint density at radius 1 is 0.962 bits per heavy atom. The highest BCUT2D eigenvalue weighted by atomic mass is 32.2. The van der Waals surface area contributed by atoms with Crippen molar-refractivity contribution in [3.8, 4) is 0 Å². The van der Waals surface area contributed by atoms with Crippen LogP contribution in [0.25, 0.3) is 22.0 Å². The van der Waals surface area contributed by atoms with Crippen molar-refractivity contribution in [1.29, 1.82) is 0 Å². The zero-order valence-corrected chi connectivity index (χ0v) is 30.3. The fourth-order valence-corrected chi connectivity index (χ4v) is 7.00. The second-order valence-corrected chi connectivity index (χ2v) is 15.3. The lowest BCUT2D eigenvalue weighted by atomic mass is 10.2. The summed E-state index contributed by atoms with van der Waals surface area (Å²) in [6.07, 6.45) is 9.44. The van der Waals surface area contributed by atoms with Gasteiger partial charge in [0.1, 0.15) is 5.82 Å². The first-order chi connectivity index (χ1) is 24.7. The first-order valence-electron chi connectivity index (χ1n) is 16.3. The zero-order valence-electron chi connectivity index (χ0n) is 28.7. The van der Waals surface area contributed by atoms with Crippen molar-refractivity contribution in [2.75, 3.05) is 33.2 Å². The van der Waals surface area contributed by atoms with E-state index >= 15 is 0 Å². The average molecular weight is 744 g/mol. The SMILES string of the molecule is [C-]#[N+]c1ccc2c(c1)n(CCCS(=O)(=O)O)c(/C=C/C(C)=C\C=C1/N(C=C)c3ccc(NC(=O)c4ccccc4)cc3N1CCCS(=O)(=O)O)[n+]2C. The Bertz CT molecular complexity index is 2380. The molecule has 0 saturated heterocycles. The summed E-state index contributed by atoms with van der Waals surface area (Å²) in [6.45, 7) is 13.8. The number of nitrogens with one attached hydrogen (secondary N) is 1. The van der Waals surface area contributed by atoms with Crippen molar-refractivity contribution in [3.05, 3.63) is 132 Å². The summed E-state index contributed by atoms with van der Waals surface area (Å²) in [5.41, 5.74) is 5.36. The predicted octanol–water partition coefficient (Wildman–Crippen LogP) is 6.10. The predicted molar refractivity (Wildman–Crippen MR) is 203 cm³/mol. The normalized spacial score (nSPS) is 14.3. The molecular weight excluding hydrogens is 705 g/mol. The van der Waals surface area contributed by atoms with Gasteiger partial charge in [0, 0.05) is 36.5 Å². The van der Waals surface area contributed by atoms with Gasteiger partial charge in [0.05, 0.1) is 43.0 Å². The van der Waals surface area contributed by atoms with Crippen molar-refractivity contribution in [2.24, 2.45) is 7.05 Å². The van der Waals surface area contributed by atoms with Crippen LogP contribution in [-0.2, 0) is 33.8 Å². The van der Waals surface area contributed by atoms with Crippen molar-refractivity contribution in [1.82, 2.24) is 4.57 Å². The van der Waals surface area contributed by atoms with Crippen LogP contribution in [0.15, 0.2) is 109 Å². The quantitative estimate of drug-likeness (QED) is 0.0601. The summed E-state index contributed by atoms with van der Waals surface area (Å²) in [5.74, 6) is 0.283. The molecule has 15 heteroatoms. The van der Waals surface area contributed by atoms with Gasteiger partial charge in [0.25, 0.3) is 32.0 Å². The Hall–Kier alpha value is -5.53. The minimum absolute atomic E-state index is 0.123. The number of fused-ring (bicyclic) bond motifs is 2. The lowest BCUT2D eigenvalue weighted by Crippen LogP contribution is -2.31. The van der Waals surface area contributed by atoms with Gasteiger partial charge in [-0.2, -0.15) is 16.8 Å². The number of anilines is 3. The third kappa shape index (κ3) is 9.03. The molecule has 3 N–H and O–H groups in total. The molecule has 52 heavy (non-hydrogen) atoms. The van der Waals surface area contributed by atoms with Crippen LogP contribution in [-0.4, -0.2) is 54.5 Å². The van der Waals surface area contributed by atoms with E-state index < -0.39 is 31.7 Å². The Balaban J connectivity index is 1.48. The van der Waals surface area contributed by atoms with Gasteiger partial charge in [-0.25, -0.2) is 14.0 Å². The first kappa shape index (κ1) is 37.7. The molecular formula is C37H39N6O7S2+. The smallest absolute Gasteiger partial charge is 0.282 e. The molecule has 0 bridgehead atoms. The van der Waals surface area contributed by atoms with Crippen molar-refractivity contribution < 1.29 is 35.3 Å². The maximum atomic E-state index is 12.9. The van der Waals surface area contributed by atoms with Gasteiger partial charge in [-0.05, 0) is 61.9 Å². The topological polar surface area (TPSA) is 157 Å². The Labute approximate surface area is 303 Å². The molecule has 2 heterocycles. The largest absolute Gasteiger partial charge is 0.326 e. The molecule has 0 fully saturated rings. The van der Waals surface area contributed by atoms with E-state index in [0.717, 1.165) is 28.1 Å². The van der Waals surface area contributed by atoms with Crippen molar-refractivity contribution in [3.63, 3.8) is 0 Å². The number of rotatable bonds is 14. The minimum Gasteiger partial charge on any atom is -0.326 e. The maximum Gasteiger partial charge on any atom is 0.282 e. The van der Waals surface area contributed by atoms with E-state index in [9.17, 15) is 30.7 Å². The Morgan fingerprint density at radius 2 is 1.65 bits per heavy atom. The molecule has 5 rings (SSSR count). The van der Waals surface area contributed by atoms with E-state index in [1.165, 1.54) is 0 Å². The minimum atomic E-state index is -4.20. The highest BCUT2D eigenvalue weighted by Gasteiger charge is 2.30. The molecule has 0 atom stereocenters. The van der Waals surface area contributed by atoms with Gasteiger partial charge in [-0.3, -0.25) is 13.9 Å². The van der Waals surface area contributed by atoms with Crippen LogP contribution in [0.2, 0.25) is 0 Å². The Morgan fingerprint density at radius 3 is 2.31 bits per heavy atom. The van der Waals surface area contributed by atoms with E-state index in [4.69, 9.17) is 6.57 Å². The summed E-state index contributed by atoms with van der Waals surface area (Å²) in [5, 5.41) is 2.92. The molecule has 3 aromatic carbocycles. The number of amides is 1. The highest BCUT2D eigenvalue weighted by molar-refractivity contribution is 7.86. The Kier molecular flexibility index (Phi) is 11.5. The summed E-state index contributed by atoms with van der Waals surface area (Å²) >= 11 is 0. The van der Waals surface area contributed by atoms with E-state index in [-0.39, 0.29) is 31.8 Å². The van der Waals surface area contributed by atoms with Crippen LogP contribution >= 0.6 is 0 Å². The fraction of sp³-hybridized carbons (Fsp3) is 0.216. The van der Waals surface area contributed by atoms with E-state index in [2.05, 4.69) is 16.7 Å². The standard InChI is InChI=1S/C37H38N6O7S2/c1-5-41-32-18-16-30(39-37(44)28-11-7-6-8-12-28)26-34(32)43(22-10-24-52(48,49)50)36(41)20-14-27(2)13-19-35-40(4)31-17-15-29(38-3)25-33(31)42(35)21-9-23-51(45,46)47/h5-8,11-20,25-26H,1,9-10,21-24H2,2,4H3,(H2-,39,44,45,46,47,48,49,50)/p+1. The van der Waals surface area contributed by atoms with Crippen molar-refractivity contribution >= 4 is 66.0 Å². The molecule has 1 aromatic heterocycles. The van der Waals surface area contributed by atoms with Gasteiger partial charge >= 0.3 is 0 Å². The molecule has 13 nitrogen and oxygen atoms in total. The maximum absolute atomic E-state index is 12.9. The number of aromatic nitrogens is 2. The number of hydrogen-bond donors (Lipinski definition) is 3. The van der Waals surface area contributed by atoms with Crippen LogP contribution in [0.4, 0.5) is 22.7 Å². The number of nitrogens with zero attached hydrogens (tertiary/aromatic N) is 5. The fourth-order valence-electron chi connectivity index (χ4n) is 6.01. The first-order valence-corrected chi connectivity index (χ1v) is 19.5. The van der Waals surface area contributed by atoms with Crippen LogP contribution < -0.4 is 19.7 Å². The number of hydrogen-bond acceptors (Lipinski definition) is 7. The molecule has 0 unspecified atom stereocenters. The van der Waals surface area contributed by atoms with E-state index in [1.54, 1.807) is 54.7 Å². The van der Waals surface area contributed by atoms with Gasteiger partial charge in [0.15, 0.2) is 16.7 Å². The summed E-state index contributed by atoms with van der Waals surface area (Å²) < 4.78 is 68.6. The molecule has 270 valence electrons. The summed E-state index contributed by atoms with van der Waals surface area (Å²) in [7, 11) is -6.47.